The lowest BCUT2D eigenvalue weighted by Gasteiger charge is -2.32. The number of hydrogen-bond donors (Lipinski definition) is 1. The van der Waals surface area contributed by atoms with E-state index < -0.39 is 17.6 Å². The summed E-state index contributed by atoms with van der Waals surface area (Å²) in [6.07, 6.45) is -2.87. The number of benzene rings is 1. The number of nitrogens with zero attached hydrogens (tertiary/aromatic N) is 2. The molecule has 1 aromatic heterocycles. The molecule has 136 valence electrons. The summed E-state index contributed by atoms with van der Waals surface area (Å²) in [6.45, 7) is 1.35. The van der Waals surface area contributed by atoms with Crippen molar-refractivity contribution in [3.05, 3.63) is 29.6 Å². The molecule has 0 unspecified atom stereocenters. The SMILES string of the molecule is COC1CCN(c2sc(N)nc2-c2cc(F)cc(C(F)(F)F)c2)CC1. The lowest BCUT2D eigenvalue weighted by molar-refractivity contribution is -0.137. The van der Waals surface area contributed by atoms with E-state index in [1.807, 2.05) is 4.90 Å². The van der Waals surface area contributed by atoms with Gasteiger partial charge in [-0.25, -0.2) is 9.37 Å². The normalized spacial score (nSPS) is 16.4. The zero-order valence-electron chi connectivity index (χ0n) is 13.4. The third-order valence-electron chi connectivity index (χ3n) is 4.19. The number of nitrogen functional groups attached to an aromatic ring is 1. The van der Waals surface area contributed by atoms with Gasteiger partial charge in [0.2, 0.25) is 0 Å². The number of hydrogen-bond acceptors (Lipinski definition) is 5. The van der Waals surface area contributed by atoms with Crippen molar-refractivity contribution in [1.29, 1.82) is 0 Å². The van der Waals surface area contributed by atoms with Crippen molar-refractivity contribution in [1.82, 2.24) is 4.98 Å². The highest BCUT2D eigenvalue weighted by Gasteiger charge is 2.32. The zero-order chi connectivity index (χ0) is 18.2. The first-order valence-corrected chi connectivity index (χ1v) is 8.52. The maximum Gasteiger partial charge on any atom is 0.416 e. The fourth-order valence-corrected chi connectivity index (χ4v) is 3.82. The van der Waals surface area contributed by atoms with Crippen LogP contribution in [0.15, 0.2) is 18.2 Å². The van der Waals surface area contributed by atoms with E-state index in [1.165, 1.54) is 11.3 Å². The molecule has 1 aromatic carbocycles. The Morgan fingerprint density at radius 1 is 1.24 bits per heavy atom. The van der Waals surface area contributed by atoms with Gasteiger partial charge in [-0.15, -0.1) is 0 Å². The van der Waals surface area contributed by atoms with Crippen molar-refractivity contribution < 1.29 is 22.3 Å². The number of ether oxygens (including phenoxy) is 1. The molecule has 1 aliphatic heterocycles. The van der Waals surface area contributed by atoms with Crippen molar-refractivity contribution in [3.8, 4) is 11.3 Å². The van der Waals surface area contributed by atoms with E-state index in [9.17, 15) is 17.6 Å². The average Bonchev–Trinajstić information content (AvgIpc) is 2.95. The number of piperidine rings is 1. The lowest BCUT2D eigenvalue weighted by atomic mass is 10.1. The molecular formula is C16H17F4N3OS. The summed E-state index contributed by atoms with van der Waals surface area (Å²) in [5.41, 5.74) is 5.09. The van der Waals surface area contributed by atoms with Gasteiger partial charge in [-0.3, -0.25) is 0 Å². The van der Waals surface area contributed by atoms with Crippen molar-refractivity contribution in [2.45, 2.75) is 25.1 Å². The minimum Gasteiger partial charge on any atom is -0.381 e. The molecule has 2 N–H and O–H groups in total. The second kappa shape index (κ2) is 6.80. The molecule has 2 aromatic rings. The summed E-state index contributed by atoms with van der Waals surface area (Å²) in [4.78, 5) is 6.16. The molecule has 1 fully saturated rings. The molecule has 1 aliphatic rings. The van der Waals surface area contributed by atoms with Gasteiger partial charge >= 0.3 is 6.18 Å². The van der Waals surface area contributed by atoms with Crippen molar-refractivity contribution >= 4 is 21.5 Å². The molecule has 25 heavy (non-hydrogen) atoms. The van der Waals surface area contributed by atoms with Crippen molar-refractivity contribution in [2.24, 2.45) is 0 Å². The summed E-state index contributed by atoms with van der Waals surface area (Å²) >= 11 is 1.19. The minimum absolute atomic E-state index is 0.0733. The first-order chi connectivity index (χ1) is 11.8. The molecule has 0 bridgehead atoms. The summed E-state index contributed by atoms with van der Waals surface area (Å²) in [6, 6.07) is 2.43. The fraction of sp³-hybridized carbons (Fsp3) is 0.438. The molecule has 3 rings (SSSR count). The number of halogens is 4. The van der Waals surface area contributed by atoms with E-state index in [2.05, 4.69) is 4.98 Å². The van der Waals surface area contributed by atoms with Crippen LogP contribution in [0.25, 0.3) is 11.3 Å². The minimum atomic E-state index is -4.63. The maximum atomic E-state index is 13.7. The Balaban J connectivity index is 1.98. The van der Waals surface area contributed by atoms with Crippen LogP contribution in [-0.2, 0) is 10.9 Å². The fourth-order valence-electron chi connectivity index (χ4n) is 2.92. The molecule has 0 atom stereocenters. The van der Waals surface area contributed by atoms with Crippen molar-refractivity contribution in [3.63, 3.8) is 0 Å². The van der Waals surface area contributed by atoms with Crippen LogP contribution in [0.1, 0.15) is 18.4 Å². The van der Waals surface area contributed by atoms with Crippen LogP contribution in [0.2, 0.25) is 0 Å². The number of rotatable bonds is 3. The smallest absolute Gasteiger partial charge is 0.381 e. The van der Waals surface area contributed by atoms with E-state index in [1.54, 1.807) is 7.11 Å². The Bertz CT molecular complexity index is 754. The van der Waals surface area contributed by atoms with Gasteiger partial charge in [0.25, 0.3) is 0 Å². The Morgan fingerprint density at radius 2 is 1.92 bits per heavy atom. The van der Waals surface area contributed by atoms with E-state index in [0.717, 1.165) is 25.0 Å². The number of nitrogens with two attached hydrogens (primary N) is 1. The number of methoxy groups -OCH3 is 1. The van der Waals surface area contributed by atoms with Crippen LogP contribution in [0.4, 0.5) is 27.7 Å². The van der Waals surface area contributed by atoms with Crippen LogP contribution >= 0.6 is 11.3 Å². The molecule has 0 spiro atoms. The van der Waals surface area contributed by atoms with Crippen LogP contribution in [0.3, 0.4) is 0 Å². The number of aromatic nitrogens is 1. The van der Waals surface area contributed by atoms with Gasteiger partial charge in [0.15, 0.2) is 5.13 Å². The predicted octanol–water partition coefficient (Wildman–Crippen LogP) is 4.17. The van der Waals surface area contributed by atoms with E-state index in [0.29, 0.717) is 24.2 Å². The summed E-state index contributed by atoms with van der Waals surface area (Å²) in [5.74, 6) is -0.958. The highest BCUT2D eigenvalue weighted by molar-refractivity contribution is 7.19. The maximum absolute atomic E-state index is 13.7. The summed E-state index contributed by atoms with van der Waals surface area (Å²) in [7, 11) is 1.65. The largest absolute Gasteiger partial charge is 0.416 e. The second-order valence-electron chi connectivity index (χ2n) is 5.85. The van der Waals surface area contributed by atoms with Crippen molar-refractivity contribution in [2.75, 3.05) is 30.8 Å². The molecular weight excluding hydrogens is 358 g/mol. The Morgan fingerprint density at radius 3 is 2.52 bits per heavy atom. The van der Waals surface area contributed by atoms with E-state index >= 15 is 0 Å². The third kappa shape index (κ3) is 3.87. The monoisotopic (exact) mass is 375 g/mol. The lowest BCUT2D eigenvalue weighted by Crippen LogP contribution is -2.36. The third-order valence-corrected chi connectivity index (χ3v) is 5.13. The van der Waals surface area contributed by atoms with Gasteiger partial charge in [0.1, 0.15) is 16.5 Å². The average molecular weight is 375 g/mol. The summed E-state index contributed by atoms with van der Waals surface area (Å²) in [5, 5.41) is 0.891. The van der Waals surface area contributed by atoms with Gasteiger partial charge in [0.05, 0.1) is 11.7 Å². The second-order valence-corrected chi connectivity index (χ2v) is 6.86. The molecule has 0 aliphatic carbocycles. The predicted molar refractivity (Wildman–Crippen MR) is 89.2 cm³/mol. The quantitative estimate of drug-likeness (QED) is 0.819. The molecule has 4 nitrogen and oxygen atoms in total. The molecule has 2 heterocycles. The standard InChI is InChI=1S/C16H17F4N3OS/c1-24-12-2-4-23(5-3-12)14-13(22-15(21)25-14)9-6-10(16(18,19)20)8-11(17)7-9/h6-8,12H,2-5H2,1H3,(H2,21,22). The van der Waals surface area contributed by atoms with Crippen LogP contribution in [0.5, 0.6) is 0 Å². The molecule has 1 saturated heterocycles. The summed E-state index contributed by atoms with van der Waals surface area (Å²) < 4.78 is 58.0. The first-order valence-electron chi connectivity index (χ1n) is 7.70. The molecule has 0 saturated carbocycles. The highest BCUT2D eigenvalue weighted by atomic mass is 32.1. The van der Waals surface area contributed by atoms with E-state index in [-0.39, 0.29) is 22.5 Å². The van der Waals surface area contributed by atoms with Crippen LogP contribution < -0.4 is 10.6 Å². The zero-order valence-corrected chi connectivity index (χ0v) is 14.3. The number of thiazole rings is 1. The van der Waals surface area contributed by atoms with Gasteiger partial charge in [-0.05, 0) is 31.0 Å². The molecule has 0 radical (unpaired) electrons. The Hall–Kier alpha value is -1.87. The van der Waals surface area contributed by atoms with Crippen LogP contribution in [-0.4, -0.2) is 31.3 Å². The molecule has 0 amide bonds. The first kappa shape index (κ1) is 17.9. The number of alkyl halides is 3. The van der Waals surface area contributed by atoms with Gasteiger partial charge in [-0.2, -0.15) is 13.2 Å². The van der Waals surface area contributed by atoms with Gasteiger partial charge in [0, 0.05) is 25.8 Å². The number of anilines is 2. The van der Waals surface area contributed by atoms with Gasteiger partial charge in [-0.1, -0.05) is 11.3 Å². The Labute approximate surface area is 146 Å². The van der Waals surface area contributed by atoms with E-state index in [4.69, 9.17) is 10.5 Å². The Kier molecular flexibility index (Phi) is 4.88. The van der Waals surface area contributed by atoms with Gasteiger partial charge < -0.3 is 15.4 Å². The highest BCUT2D eigenvalue weighted by Crippen LogP contribution is 2.41. The molecule has 9 heteroatoms. The van der Waals surface area contributed by atoms with Crippen LogP contribution in [0, 0.1) is 5.82 Å². The topological polar surface area (TPSA) is 51.4 Å².